The highest BCUT2D eigenvalue weighted by atomic mass is 32.1. The van der Waals surface area contributed by atoms with Crippen molar-refractivity contribution < 1.29 is 4.42 Å². The van der Waals surface area contributed by atoms with E-state index in [1.807, 2.05) is 22.7 Å². The number of fused-ring (bicyclic) bond motifs is 11. The highest BCUT2D eigenvalue weighted by Gasteiger charge is 2.20. The zero-order valence-corrected chi connectivity index (χ0v) is 34.4. The van der Waals surface area contributed by atoms with Crippen molar-refractivity contribution in [3.63, 3.8) is 0 Å². The molecule has 0 saturated heterocycles. The molecule has 13 rings (SSSR count). The number of hydrogen-bond donors (Lipinski definition) is 0. The van der Waals surface area contributed by atoms with Crippen molar-refractivity contribution in [2.24, 2.45) is 0 Å². The van der Waals surface area contributed by atoms with Crippen LogP contribution in [0, 0.1) is 0 Å². The van der Waals surface area contributed by atoms with E-state index in [2.05, 4.69) is 216 Å². The Bertz CT molecular complexity index is 3620. The lowest BCUT2D eigenvalue weighted by atomic mass is 10.1. The monoisotopic (exact) mass is 814 g/mol. The summed E-state index contributed by atoms with van der Waals surface area (Å²) in [7, 11) is 0. The van der Waals surface area contributed by atoms with Crippen LogP contribution in [0.15, 0.2) is 211 Å². The first-order valence-corrected chi connectivity index (χ1v) is 22.2. The molecule has 3 nitrogen and oxygen atoms in total. The van der Waals surface area contributed by atoms with Gasteiger partial charge in [-0.15, -0.1) is 22.7 Å². The molecule has 286 valence electrons. The molecular formula is C56H34N2OS2. The van der Waals surface area contributed by atoms with Crippen LogP contribution in [0.2, 0.25) is 0 Å². The molecule has 0 saturated carbocycles. The van der Waals surface area contributed by atoms with Crippen LogP contribution in [-0.2, 0) is 0 Å². The van der Waals surface area contributed by atoms with Crippen molar-refractivity contribution in [2.75, 3.05) is 9.80 Å². The maximum absolute atomic E-state index is 6.90. The number of thiophene rings is 2. The van der Waals surface area contributed by atoms with Crippen LogP contribution in [0.3, 0.4) is 0 Å². The molecule has 0 aliphatic carbocycles. The van der Waals surface area contributed by atoms with Crippen LogP contribution in [0.1, 0.15) is 0 Å². The van der Waals surface area contributed by atoms with E-state index in [1.165, 1.54) is 61.9 Å². The van der Waals surface area contributed by atoms with Gasteiger partial charge < -0.3 is 14.2 Å². The fourth-order valence-electron chi connectivity index (χ4n) is 9.26. The third-order valence-electron chi connectivity index (χ3n) is 12.2. The number of rotatable bonds is 6. The maximum Gasteiger partial charge on any atom is 0.137 e. The molecule has 3 heterocycles. The third-order valence-corrected chi connectivity index (χ3v) is 14.5. The van der Waals surface area contributed by atoms with Gasteiger partial charge in [0, 0.05) is 97.4 Å². The Morgan fingerprint density at radius 3 is 1.11 bits per heavy atom. The van der Waals surface area contributed by atoms with E-state index in [0.29, 0.717) is 0 Å². The summed E-state index contributed by atoms with van der Waals surface area (Å²) in [6, 6.07) is 75.1. The highest BCUT2D eigenvalue weighted by Crippen LogP contribution is 2.45. The quantitative estimate of drug-likeness (QED) is 0.167. The van der Waals surface area contributed by atoms with E-state index < -0.39 is 0 Å². The summed E-state index contributed by atoms with van der Waals surface area (Å²) in [5.74, 6) is 0. The summed E-state index contributed by atoms with van der Waals surface area (Å²) < 4.78 is 12.1. The predicted octanol–water partition coefficient (Wildman–Crippen LogP) is 17.6. The van der Waals surface area contributed by atoms with Crippen molar-refractivity contribution >= 4 is 141 Å². The Morgan fingerprint density at radius 2 is 0.623 bits per heavy atom. The Hall–Kier alpha value is -7.44. The van der Waals surface area contributed by atoms with Gasteiger partial charge in [0.2, 0.25) is 0 Å². The molecule has 3 aromatic heterocycles. The molecule has 13 aromatic rings. The summed E-state index contributed by atoms with van der Waals surface area (Å²) in [5.41, 5.74) is 8.16. The smallest absolute Gasteiger partial charge is 0.137 e. The van der Waals surface area contributed by atoms with Gasteiger partial charge in [-0.3, -0.25) is 0 Å². The van der Waals surface area contributed by atoms with E-state index in [1.54, 1.807) is 0 Å². The summed E-state index contributed by atoms with van der Waals surface area (Å²) >= 11 is 3.69. The van der Waals surface area contributed by atoms with Crippen molar-refractivity contribution in [1.29, 1.82) is 0 Å². The van der Waals surface area contributed by atoms with E-state index >= 15 is 0 Å². The molecule has 5 heteroatoms. The predicted molar refractivity (Wildman–Crippen MR) is 264 cm³/mol. The number of furan rings is 1. The summed E-state index contributed by atoms with van der Waals surface area (Å²) in [5, 5.41) is 12.1. The van der Waals surface area contributed by atoms with E-state index in [4.69, 9.17) is 4.42 Å². The zero-order valence-electron chi connectivity index (χ0n) is 32.7. The zero-order chi connectivity index (χ0) is 40.0. The first-order valence-electron chi connectivity index (χ1n) is 20.6. The maximum atomic E-state index is 6.90. The lowest BCUT2D eigenvalue weighted by Crippen LogP contribution is -2.09. The van der Waals surface area contributed by atoms with E-state index in [-0.39, 0.29) is 0 Å². The highest BCUT2D eigenvalue weighted by molar-refractivity contribution is 7.26. The fourth-order valence-corrected chi connectivity index (χ4v) is 11.4. The van der Waals surface area contributed by atoms with Gasteiger partial charge in [0.25, 0.3) is 0 Å². The van der Waals surface area contributed by atoms with Gasteiger partial charge in [0.1, 0.15) is 11.2 Å². The Kier molecular flexibility index (Phi) is 7.65. The first-order chi connectivity index (χ1) is 30.2. The number of hydrogen-bond acceptors (Lipinski definition) is 5. The molecule has 0 unspecified atom stereocenters. The lowest BCUT2D eigenvalue weighted by Gasteiger charge is -2.26. The number of nitrogens with zero attached hydrogens (tertiary/aromatic N) is 2. The molecule has 0 atom stereocenters. The second-order valence-electron chi connectivity index (χ2n) is 15.8. The molecule has 0 spiro atoms. The second kappa shape index (κ2) is 13.5. The standard InChI is InChI=1S/C56H34N2OS2/c1-3-11-37-29-39(19-17-35(37)9-1)57(41-23-27-55-49(31-41)47-13-5-7-15-53(47)60-55)43-21-25-45-46-26-22-44(34-52(46)59-51(45)33-43)58(40-20-18-36-10-2-4-12-38(36)30-40)42-24-28-56-50(32-42)48-14-6-8-16-54(48)61-56/h1-34H. The summed E-state index contributed by atoms with van der Waals surface area (Å²) in [6.45, 7) is 0. The minimum absolute atomic E-state index is 0.848. The van der Waals surface area contributed by atoms with Gasteiger partial charge in [0.15, 0.2) is 0 Å². The Morgan fingerprint density at radius 1 is 0.262 bits per heavy atom. The normalized spacial score (nSPS) is 11.9. The van der Waals surface area contributed by atoms with Gasteiger partial charge in [-0.05, 0) is 119 Å². The molecule has 0 radical (unpaired) electrons. The van der Waals surface area contributed by atoms with Gasteiger partial charge >= 0.3 is 0 Å². The van der Waals surface area contributed by atoms with Crippen molar-refractivity contribution in [3.8, 4) is 0 Å². The van der Waals surface area contributed by atoms with Crippen molar-refractivity contribution in [1.82, 2.24) is 0 Å². The lowest BCUT2D eigenvalue weighted by molar-refractivity contribution is 0.669. The van der Waals surface area contributed by atoms with E-state index in [0.717, 1.165) is 56.1 Å². The van der Waals surface area contributed by atoms with Crippen LogP contribution in [0.25, 0.3) is 83.8 Å². The largest absolute Gasteiger partial charge is 0.456 e. The van der Waals surface area contributed by atoms with Crippen molar-refractivity contribution in [2.45, 2.75) is 0 Å². The Labute approximate surface area is 359 Å². The van der Waals surface area contributed by atoms with Gasteiger partial charge in [-0.2, -0.15) is 0 Å². The van der Waals surface area contributed by atoms with Crippen LogP contribution >= 0.6 is 22.7 Å². The summed E-state index contributed by atoms with van der Waals surface area (Å²) in [6.07, 6.45) is 0. The molecule has 10 aromatic carbocycles. The van der Waals surface area contributed by atoms with Crippen LogP contribution in [0.4, 0.5) is 34.1 Å². The SMILES string of the molecule is c1ccc2cc(N(c3ccc4c(c3)oc3cc(N(c5ccc6ccccc6c5)c5ccc6sc7ccccc7c6c5)ccc34)c3ccc4sc5ccccc5c4c3)ccc2c1. The van der Waals surface area contributed by atoms with Gasteiger partial charge in [0.05, 0.1) is 0 Å². The minimum atomic E-state index is 0.848. The molecule has 61 heavy (non-hydrogen) atoms. The molecular weight excluding hydrogens is 781 g/mol. The summed E-state index contributed by atoms with van der Waals surface area (Å²) in [4.78, 5) is 4.73. The molecule has 0 bridgehead atoms. The van der Waals surface area contributed by atoms with Crippen molar-refractivity contribution in [3.05, 3.63) is 206 Å². The van der Waals surface area contributed by atoms with Crippen LogP contribution in [-0.4, -0.2) is 0 Å². The van der Waals surface area contributed by atoms with Gasteiger partial charge in [-0.25, -0.2) is 0 Å². The molecule has 0 fully saturated rings. The Balaban J connectivity index is 0.970. The first kappa shape index (κ1) is 34.4. The topological polar surface area (TPSA) is 19.6 Å². The molecule has 0 aliphatic rings. The molecule has 0 aliphatic heterocycles. The molecule has 0 amide bonds. The fraction of sp³-hybridized carbons (Fsp3) is 0. The second-order valence-corrected chi connectivity index (χ2v) is 17.9. The van der Waals surface area contributed by atoms with Crippen LogP contribution in [0.5, 0.6) is 0 Å². The molecule has 0 N–H and O–H groups in total. The van der Waals surface area contributed by atoms with Gasteiger partial charge in [-0.1, -0.05) is 97.1 Å². The minimum Gasteiger partial charge on any atom is -0.456 e. The van der Waals surface area contributed by atoms with Crippen LogP contribution < -0.4 is 9.80 Å². The average molecular weight is 815 g/mol. The number of anilines is 6. The number of benzene rings is 10. The average Bonchev–Trinajstić information content (AvgIpc) is 3.99. The van der Waals surface area contributed by atoms with E-state index in [9.17, 15) is 0 Å². The third kappa shape index (κ3) is 5.62.